The van der Waals surface area contributed by atoms with Crippen molar-refractivity contribution in [1.82, 2.24) is 4.90 Å². The van der Waals surface area contributed by atoms with Crippen LogP contribution in [-0.4, -0.2) is 50.1 Å². The second-order valence-corrected chi connectivity index (χ2v) is 6.57. The zero-order chi connectivity index (χ0) is 17.6. The van der Waals surface area contributed by atoms with Gasteiger partial charge >= 0.3 is 0 Å². The highest BCUT2D eigenvalue weighted by Gasteiger charge is 2.27. The van der Waals surface area contributed by atoms with Gasteiger partial charge in [0, 0.05) is 38.1 Å². The molecule has 1 aromatic carbocycles. The largest absolute Gasteiger partial charge is 0.337 e. The van der Waals surface area contributed by atoms with Crippen LogP contribution in [0.15, 0.2) is 52.6 Å². The number of nitrogens with zero attached hydrogens (tertiary/aromatic N) is 3. The Balaban J connectivity index is 1.79. The lowest BCUT2D eigenvalue weighted by Crippen LogP contribution is -2.33. The second-order valence-electron chi connectivity index (χ2n) is 6.57. The lowest BCUT2D eigenvalue weighted by molar-refractivity contribution is -0.123. The van der Waals surface area contributed by atoms with Gasteiger partial charge in [-0.3, -0.25) is 14.6 Å². The molecule has 3 aliphatic rings. The minimum atomic E-state index is -0.00120. The highest BCUT2D eigenvalue weighted by molar-refractivity contribution is 6.21. The topological polar surface area (TPSA) is 53.0 Å². The van der Waals surface area contributed by atoms with Gasteiger partial charge in [-0.1, -0.05) is 18.2 Å². The third kappa shape index (κ3) is 2.61. The van der Waals surface area contributed by atoms with Crippen molar-refractivity contribution < 1.29 is 9.59 Å². The quantitative estimate of drug-likeness (QED) is 0.789. The summed E-state index contributed by atoms with van der Waals surface area (Å²) in [5.74, 6) is 0.0817. The number of likely N-dealkylation sites (N-methyl/N-ethyl adjacent to an activating group) is 2. The minimum absolute atomic E-state index is 0.00120. The average Bonchev–Trinajstić information content (AvgIpc) is 2.91. The van der Waals surface area contributed by atoms with E-state index in [-0.39, 0.29) is 11.8 Å². The molecule has 25 heavy (non-hydrogen) atoms. The van der Waals surface area contributed by atoms with Gasteiger partial charge < -0.3 is 9.80 Å². The molecule has 0 aliphatic carbocycles. The smallest absolute Gasteiger partial charge is 0.254 e. The van der Waals surface area contributed by atoms with E-state index in [2.05, 4.69) is 11.1 Å². The normalized spacial score (nSPS) is 22.6. The maximum absolute atomic E-state index is 12.7. The van der Waals surface area contributed by atoms with E-state index in [0.29, 0.717) is 25.1 Å². The number of carbonyl (C=O) groups is 2. The number of aliphatic imine (C=N–C) groups is 1. The van der Waals surface area contributed by atoms with Crippen LogP contribution in [0.5, 0.6) is 0 Å². The van der Waals surface area contributed by atoms with Crippen LogP contribution >= 0.6 is 0 Å². The highest BCUT2D eigenvalue weighted by atomic mass is 16.2. The lowest BCUT2D eigenvalue weighted by atomic mass is 9.93. The average molecular weight is 333 g/mol. The summed E-state index contributed by atoms with van der Waals surface area (Å²) in [5, 5.41) is 0. The van der Waals surface area contributed by atoms with Crippen LogP contribution in [0.3, 0.4) is 0 Å². The summed E-state index contributed by atoms with van der Waals surface area (Å²) in [6.07, 6.45) is 8.28. The highest BCUT2D eigenvalue weighted by Crippen LogP contribution is 2.33. The molecule has 0 radical (unpaired) electrons. The van der Waals surface area contributed by atoms with Gasteiger partial charge in [-0.2, -0.15) is 0 Å². The van der Waals surface area contributed by atoms with Crippen molar-refractivity contribution >= 4 is 29.3 Å². The summed E-state index contributed by atoms with van der Waals surface area (Å²) >= 11 is 0. The van der Waals surface area contributed by atoms with Crippen LogP contribution in [0, 0.1) is 0 Å². The lowest BCUT2D eigenvalue weighted by Gasteiger charge is -2.26. The maximum Gasteiger partial charge on any atom is 0.254 e. The van der Waals surface area contributed by atoms with E-state index in [4.69, 9.17) is 0 Å². The third-order valence-electron chi connectivity index (χ3n) is 4.88. The van der Waals surface area contributed by atoms with E-state index in [0.717, 1.165) is 28.0 Å². The van der Waals surface area contributed by atoms with Crippen molar-refractivity contribution in [2.75, 3.05) is 32.1 Å². The molecule has 126 valence electrons. The number of hydrogen-bond donors (Lipinski definition) is 0. The van der Waals surface area contributed by atoms with E-state index < -0.39 is 0 Å². The zero-order valence-electron chi connectivity index (χ0n) is 14.3. The van der Waals surface area contributed by atoms with E-state index in [1.807, 2.05) is 43.6 Å². The Hall–Kier alpha value is -2.95. The fraction of sp³-hybridized carbons (Fsp3) is 0.250. The SMILES string of the molecule is CN1CC(=C2C=CCN=C2)C=C(c2ccc3c(c2)CC(=O)N3C)C1=O. The first kappa shape index (κ1) is 15.6. The number of carbonyl (C=O) groups excluding carboxylic acids is 2. The number of anilines is 1. The molecule has 0 fully saturated rings. The molecule has 5 heteroatoms. The molecule has 4 rings (SSSR count). The first-order valence-electron chi connectivity index (χ1n) is 8.31. The van der Waals surface area contributed by atoms with Gasteiger partial charge in [0.15, 0.2) is 0 Å². The molecule has 0 bridgehead atoms. The van der Waals surface area contributed by atoms with E-state index >= 15 is 0 Å². The first-order valence-corrected chi connectivity index (χ1v) is 8.31. The van der Waals surface area contributed by atoms with Gasteiger partial charge in [0.1, 0.15) is 0 Å². The van der Waals surface area contributed by atoms with Crippen molar-refractivity contribution in [3.63, 3.8) is 0 Å². The Morgan fingerprint density at radius 3 is 2.76 bits per heavy atom. The first-order chi connectivity index (χ1) is 12.0. The predicted molar refractivity (Wildman–Crippen MR) is 98.7 cm³/mol. The van der Waals surface area contributed by atoms with Crippen LogP contribution in [0.25, 0.3) is 5.57 Å². The molecule has 3 heterocycles. The standard InChI is InChI=1S/C20H19N3O2/c1-22-12-16(14-4-3-7-21-11-14)9-17(20(22)25)13-5-6-18-15(8-13)10-19(24)23(18)2/h3-6,8-9,11H,7,10,12H2,1-2H3. The molecule has 0 spiro atoms. The minimum Gasteiger partial charge on any atom is -0.337 e. The van der Waals surface area contributed by atoms with Crippen LogP contribution in [-0.2, 0) is 16.0 Å². The van der Waals surface area contributed by atoms with Gasteiger partial charge in [0.05, 0.1) is 13.0 Å². The molecule has 2 amide bonds. The van der Waals surface area contributed by atoms with E-state index in [9.17, 15) is 9.59 Å². The second kappa shape index (κ2) is 5.84. The summed E-state index contributed by atoms with van der Waals surface area (Å²) in [7, 11) is 3.59. The van der Waals surface area contributed by atoms with Crippen molar-refractivity contribution in [1.29, 1.82) is 0 Å². The Kier molecular flexibility index (Phi) is 3.64. The van der Waals surface area contributed by atoms with Crippen LogP contribution in [0.4, 0.5) is 5.69 Å². The van der Waals surface area contributed by atoms with Gasteiger partial charge in [-0.15, -0.1) is 0 Å². The Bertz CT molecular complexity index is 892. The third-order valence-corrected chi connectivity index (χ3v) is 4.88. The van der Waals surface area contributed by atoms with Crippen LogP contribution < -0.4 is 4.90 Å². The molecule has 0 aromatic heterocycles. The van der Waals surface area contributed by atoms with Crippen LogP contribution in [0.1, 0.15) is 11.1 Å². The van der Waals surface area contributed by atoms with Gasteiger partial charge in [-0.25, -0.2) is 0 Å². The summed E-state index contributed by atoms with van der Waals surface area (Å²) in [6, 6.07) is 5.81. The Morgan fingerprint density at radius 2 is 2.00 bits per heavy atom. The van der Waals surface area contributed by atoms with Crippen molar-refractivity contribution in [2.24, 2.45) is 4.99 Å². The zero-order valence-corrected chi connectivity index (χ0v) is 14.3. The molecule has 0 atom stereocenters. The van der Waals surface area contributed by atoms with Gasteiger partial charge in [0.2, 0.25) is 5.91 Å². The summed E-state index contributed by atoms with van der Waals surface area (Å²) in [5.41, 5.74) is 5.53. The molecule has 0 saturated carbocycles. The summed E-state index contributed by atoms with van der Waals surface area (Å²) in [6.45, 7) is 1.27. The fourth-order valence-corrected chi connectivity index (χ4v) is 3.46. The molecule has 0 unspecified atom stereocenters. The molecule has 3 aliphatic heterocycles. The summed E-state index contributed by atoms with van der Waals surface area (Å²) in [4.78, 5) is 32.3. The van der Waals surface area contributed by atoms with Crippen molar-refractivity contribution in [3.8, 4) is 0 Å². The van der Waals surface area contributed by atoms with E-state index in [1.54, 1.807) is 16.8 Å². The fourth-order valence-electron chi connectivity index (χ4n) is 3.46. The maximum atomic E-state index is 12.7. The number of dihydropyridines is 1. The number of allylic oxidation sites excluding steroid dienone is 2. The molecule has 0 saturated heterocycles. The molecule has 0 N–H and O–H groups in total. The summed E-state index contributed by atoms with van der Waals surface area (Å²) < 4.78 is 0. The monoisotopic (exact) mass is 333 g/mol. The van der Waals surface area contributed by atoms with Crippen molar-refractivity contribution in [2.45, 2.75) is 6.42 Å². The van der Waals surface area contributed by atoms with Crippen molar-refractivity contribution in [3.05, 3.63) is 58.7 Å². The predicted octanol–water partition coefficient (Wildman–Crippen LogP) is 2.00. The number of benzene rings is 1. The van der Waals surface area contributed by atoms with Gasteiger partial charge in [0.25, 0.3) is 5.91 Å². The Labute approximate surface area is 146 Å². The number of rotatable bonds is 1. The molecule has 1 aromatic rings. The molecular formula is C20H19N3O2. The number of fused-ring (bicyclic) bond motifs is 1. The number of hydrogen-bond acceptors (Lipinski definition) is 3. The Morgan fingerprint density at radius 1 is 1.16 bits per heavy atom. The molecule has 5 nitrogen and oxygen atoms in total. The van der Waals surface area contributed by atoms with Crippen LogP contribution in [0.2, 0.25) is 0 Å². The molecular weight excluding hydrogens is 314 g/mol. The van der Waals surface area contributed by atoms with Gasteiger partial charge in [-0.05, 0) is 40.5 Å². The van der Waals surface area contributed by atoms with E-state index in [1.165, 1.54) is 0 Å². The number of amides is 2.